The van der Waals surface area contributed by atoms with Crippen LogP contribution in [-0.4, -0.2) is 18.7 Å². The van der Waals surface area contributed by atoms with Gasteiger partial charge in [0.2, 0.25) is 5.78 Å². The standard InChI is InChI=1S/C17H13NO3/c1-21-12-8-6-11(7-9-12)18-15-10-16(19)13-4-2-3-5-14(13)17(15)20/h2-10,18H,1H3. The summed E-state index contributed by atoms with van der Waals surface area (Å²) < 4.78 is 5.08. The summed E-state index contributed by atoms with van der Waals surface area (Å²) in [7, 11) is 1.59. The third-order valence-electron chi connectivity index (χ3n) is 3.33. The monoisotopic (exact) mass is 279 g/mol. The summed E-state index contributed by atoms with van der Waals surface area (Å²) in [5.41, 5.74) is 1.88. The molecule has 1 aliphatic carbocycles. The van der Waals surface area contributed by atoms with Gasteiger partial charge in [0.1, 0.15) is 5.75 Å². The van der Waals surface area contributed by atoms with Crippen LogP contribution in [0.5, 0.6) is 5.75 Å². The number of nitrogens with one attached hydrogen (secondary N) is 1. The first-order valence-corrected chi connectivity index (χ1v) is 6.50. The van der Waals surface area contributed by atoms with E-state index in [0.717, 1.165) is 11.4 Å². The Labute approximate surface area is 122 Å². The zero-order valence-electron chi connectivity index (χ0n) is 11.4. The molecule has 1 aliphatic rings. The molecule has 0 amide bonds. The molecule has 0 fully saturated rings. The van der Waals surface area contributed by atoms with Gasteiger partial charge in [-0.15, -0.1) is 0 Å². The molecule has 0 aliphatic heterocycles. The molecule has 2 aromatic rings. The molecule has 0 saturated carbocycles. The molecule has 1 N–H and O–H groups in total. The van der Waals surface area contributed by atoms with Crippen molar-refractivity contribution in [2.45, 2.75) is 0 Å². The van der Waals surface area contributed by atoms with Crippen LogP contribution in [-0.2, 0) is 0 Å². The van der Waals surface area contributed by atoms with Crippen molar-refractivity contribution in [1.82, 2.24) is 0 Å². The minimum atomic E-state index is -0.180. The predicted molar refractivity (Wildman–Crippen MR) is 79.8 cm³/mol. The van der Waals surface area contributed by atoms with Crippen molar-refractivity contribution in [2.24, 2.45) is 0 Å². The second-order valence-electron chi connectivity index (χ2n) is 4.65. The highest BCUT2D eigenvalue weighted by molar-refractivity contribution is 6.25. The van der Waals surface area contributed by atoms with Gasteiger partial charge in [0.15, 0.2) is 5.78 Å². The Morgan fingerprint density at radius 2 is 1.57 bits per heavy atom. The summed E-state index contributed by atoms with van der Waals surface area (Å²) in [4.78, 5) is 24.4. The van der Waals surface area contributed by atoms with E-state index in [4.69, 9.17) is 4.74 Å². The topological polar surface area (TPSA) is 55.4 Å². The zero-order valence-corrected chi connectivity index (χ0v) is 11.4. The number of fused-ring (bicyclic) bond motifs is 1. The molecular formula is C17H13NO3. The molecule has 0 spiro atoms. The molecule has 0 bridgehead atoms. The first-order chi connectivity index (χ1) is 10.2. The van der Waals surface area contributed by atoms with E-state index in [1.54, 1.807) is 55.6 Å². The molecule has 4 nitrogen and oxygen atoms in total. The van der Waals surface area contributed by atoms with E-state index in [9.17, 15) is 9.59 Å². The average molecular weight is 279 g/mol. The van der Waals surface area contributed by atoms with Crippen molar-refractivity contribution in [3.05, 3.63) is 71.4 Å². The van der Waals surface area contributed by atoms with Crippen LogP contribution >= 0.6 is 0 Å². The van der Waals surface area contributed by atoms with Crippen molar-refractivity contribution >= 4 is 17.3 Å². The minimum absolute atomic E-state index is 0.166. The maximum Gasteiger partial charge on any atom is 0.210 e. The minimum Gasteiger partial charge on any atom is -0.497 e. The molecule has 0 saturated heterocycles. The number of methoxy groups -OCH3 is 1. The van der Waals surface area contributed by atoms with E-state index in [2.05, 4.69) is 5.32 Å². The molecule has 104 valence electrons. The number of hydrogen-bond acceptors (Lipinski definition) is 4. The van der Waals surface area contributed by atoms with Crippen molar-refractivity contribution in [2.75, 3.05) is 12.4 Å². The number of ketones is 2. The Morgan fingerprint density at radius 1 is 0.905 bits per heavy atom. The zero-order chi connectivity index (χ0) is 14.8. The lowest BCUT2D eigenvalue weighted by Crippen LogP contribution is -2.21. The van der Waals surface area contributed by atoms with E-state index in [1.807, 2.05) is 0 Å². The van der Waals surface area contributed by atoms with Crippen LogP contribution in [0.1, 0.15) is 20.7 Å². The molecule has 3 rings (SSSR count). The Balaban J connectivity index is 1.89. The third-order valence-corrected chi connectivity index (χ3v) is 3.33. The van der Waals surface area contributed by atoms with E-state index < -0.39 is 0 Å². The highest BCUT2D eigenvalue weighted by atomic mass is 16.5. The summed E-state index contributed by atoms with van der Waals surface area (Å²) in [6.07, 6.45) is 1.34. The quantitative estimate of drug-likeness (QED) is 0.938. The lowest BCUT2D eigenvalue weighted by atomic mass is 9.92. The van der Waals surface area contributed by atoms with Crippen LogP contribution in [0, 0.1) is 0 Å². The molecule has 0 aromatic heterocycles. The number of Topliss-reactive ketones (excluding diaryl/α,β-unsaturated/α-hetero) is 1. The van der Waals surface area contributed by atoms with Crippen LogP contribution < -0.4 is 10.1 Å². The van der Waals surface area contributed by atoms with Crippen LogP contribution in [0.15, 0.2) is 60.3 Å². The van der Waals surface area contributed by atoms with Gasteiger partial charge in [-0.05, 0) is 24.3 Å². The highest BCUT2D eigenvalue weighted by Crippen LogP contribution is 2.23. The van der Waals surface area contributed by atoms with Crippen LogP contribution in [0.2, 0.25) is 0 Å². The number of hydrogen-bond donors (Lipinski definition) is 1. The molecule has 0 radical (unpaired) electrons. The van der Waals surface area contributed by atoms with Crippen molar-refractivity contribution < 1.29 is 14.3 Å². The first-order valence-electron chi connectivity index (χ1n) is 6.50. The van der Waals surface area contributed by atoms with Gasteiger partial charge in [0.05, 0.1) is 12.8 Å². The lowest BCUT2D eigenvalue weighted by Gasteiger charge is -2.16. The molecule has 2 aromatic carbocycles. The first kappa shape index (κ1) is 13.1. The maximum atomic E-state index is 12.4. The van der Waals surface area contributed by atoms with Gasteiger partial charge >= 0.3 is 0 Å². The Morgan fingerprint density at radius 3 is 2.24 bits per heavy atom. The fourth-order valence-corrected chi connectivity index (χ4v) is 2.24. The number of allylic oxidation sites excluding steroid dienone is 2. The van der Waals surface area contributed by atoms with Crippen LogP contribution in [0.3, 0.4) is 0 Å². The summed E-state index contributed by atoms with van der Waals surface area (Å²) in [6, 6.07) is 14.0. The summed E-state index contributed by atoms with van der Waals surface area (Å²) in [5.74, 6) is 0.383. The Bertz CT molecular complexity index is 745. The molecule has 21 heavy (non-hydrogen) atoms. The Kier molecular flexibility index (Phi) is 3.28. The predicted octanol–water partition coefficient (Wildman–Crippen LogP) is 3.07. The second-order valence-corrected chi connectivity index (χ2v) is 4.65. The maximum absolute atomic E-state index is 12.4. The smallest absolute Gasteiger partial charge is 0.210 e. The number of anilines is 1. The summed E-state index contributed by atoms with van der Waals surface area (Å²) in [5, 5.41) is 2.99. The van der Waals surface area contributed by atoms with Crippen molar-refractivity contribution in [1.29, 1.82) is 0 Å². The van der Waals surface area contributed by atoms with Gasteiger partial charge in [-0.1, -0.05) is 24.3 Å². The van der Waals surface area contributed by atoms with Crippen molar-refractivity contribution in [3.8, 4) is 5.75 Å². The fraction of sp³-hybridized carbons (Fsp3) is 0.0588. The number of carbonyl (C=O) groups excluding carboxylic acids is 2. The van der Waals surface area contributed by atoms with Gasteiger partial charge in [-0.2, -0.15) is 0 Å². The van der Waals surface area contributed by atoms with Gasteiger partial charge in [0.25, 0.3) is 0 Å². The molecule has 0 unspecified atom stereocenters. The molecule has 0 atom stereocenters. The lowest BCUT2D eigenvalue weighted by molar-refractivity contribution is 0.0985. The summed E-state index contributed by atoms with van der Waals surface area (Å²) >= 11 is 0. The van der Waals surface area contributed by atoms with Gasteiger partial charge in [0, 0.05) is 22.9 Å². The second kappa shape index (κ2) is 5.25. The van der Waals surface area contributed by atoms with Crippen molar-refractivity contribution in [3.63, 3.8) is 0 Å². The highest BCUT2D eigenvalue weighted by Gasteiger charge is 2.24. The van der Waals surface area contributed by atoms with Gasteiger partial charge in [-0.25, -0.2) is 0 Å². The van der Waals surface area contributed by atoms with E-state index >= 15 is 0 Å². The van der Waals surface area contributed by atoms with Gasteiger partial charge in [-0.3, -0.25) is 9.59 Å². The van der Waals surface area contributed by atoms with Gasteiger partial charge < -0.3 is 10.1 Å². The summed E-state index contributed by atoms with van der Waals surface area (Å²) in [6.45, 7) is 0. The molecule has 4 heteroatoms. The SMILES string of the molecule is COc1ccc(NC2=CC(=O)c3ccccc3C2=O)cc1. The largest absolute Gasteiger partial charge is 0.497 e. The number of rotatable bonds is 3. The van der Waals surface area contributed by atoms with Crippen LogP contribution in [0.25, 0.3) is 0 Å². The number of ether oxygens (including phenoxy) is 1. The third kappa shape index (κ3) is 2.43. The molecular weight excluding hydrogens is 266 g/mol. The number of benzene rings is 2. The van der Waals surface area contributed by atoms with Crippen LogP contribution in [0.4, 0.5) is 5.69 Å². The Hall–Kier alpha value is -2.88. The van der Waals surface area contributed by atoms with E-state index in [0.29, 0.717) is 11.1 Å². The fourth-order valence-electron chi connectivity index (χ4n) is 2.24. The normalized spacial score (nSPS) is 13.5. The molecule has 0 heterocycles. The number of carbonyl (C=O) groups is 2. The average Bonchev–Trinajstić information content (AvgIpc) is 2.53. The van der Waals surface area contributed by atoms with E-state index in [1.165, 1.54) is 6.08 Å². The van der Waals surface area contributed by atoms with E-state index in [-0.39, 0.29) is 17.3 Å².